The summed E-state index contributed by atoms with van der Waals surface area (Å²) < 4.78 is 7.20. The van der Waals surface area contributed by atoms with Gasteiger partial charge in [-0.2, -0.15) is 10.1 Å². The van der Waals surface area contributed by atoms with Crippen LogP contribution in [-0.4, -0.2) is 28.8 Å². The Kier molecular flexibility index (Phi) is 6.08. The molecular formula is C25H22N4O4S2. The van der Waals surface area contributed by atoms with Crippen molar-refractivity contribution >= 4 is 52.0 Å². The van der Waals surface area contributed by atoms with Crippen LogP contribution in [0.4, 0.5) is 5.69 Å². The van der Waals surface area contributed by atoms with E-state index in [0.717, 1.165) is 4.88 Å². The molecule has 0 spiro atoms. The summed E-state index contributed by atoms with van der Waals surface area (Å²) in [5, 5.41) is 7.69. The van der Waals surface area contributed by atoms with E-state index < -0.39 is 17.9 Å². The normalized spacial score (nSPS) is 20.1. The molecule has 5 rings (SSSR count). The van der Waals surface area contributed by atoms with Gasteiger partial charge in [0, 0.05) is 4.88 Å². The number of ether oxygens (including phenoxy) is 1. The number of amides is 1. The van der Waals surface area contributed by atoms with Gasteiger partial charge in [-0.25, -0.2) is 9.79 Å². The largest absolute Gasteiger partial charge is 0.463 e. The molecule has 0 saturated carbocycles. The molecule has 2 aliphatic rings. The van der Waals surface area contributed by atoms with Gasteiger partial charge < -0.3 is 4.74 Å². The summed E-state index contributed by atoms with van der Waals surface area (Å²) >= 11 is 2.66. The lowest BCUT2D eigenvalue weighted by Crippen LogP contribution is -2.40. The Morgan fingerprint density at radius 1 is 1.14 bits per heavy atom. The summed E-state index contributed by atoms with van der Waals surface area (Å²) in [7, 11) is 0. The molecular weight excluding hydrogens is 484 g/mol. The molecule has 0 unspecified atom stereocenters. The number of fused-ring (bicyclic) bond motifs is 1. The first-order valence-corrected chi connectivity index (χ1v) is 12.8. The first kappa shape index (κ1) is 23.1. The molecule has 0 N–H and O–H groups in total. The smallest absolute Gasteiger partial charge is 0.338 e. The van der Waals surface area contributed by atoms with Crippen molar-refractivity contribution in [3.05, 3.63) is 83.7 Å². The van der Waals surface area contributed by atoms with Crippen molar-refractivity contribution in [1.82, 2.24) is 4.57 Å². The summed E-state index contributed by atoms with van der Waals surface area (Å²) in [6.45, 7) is 5.48. The number of nitrogens with zero attached hydrogens (tertiary/aromatic N) is 4. The highest BCUT2D eigenvalue weighted by atomic mass is 32.1. The standard InChI is InChI=1S/C25H22N4O4S2/c1-4-33-24(32)20-15(3)26-25-28(21(20)18-11-8-12-34-18)23(31)19(35-25)13-17-14(2)27-29(22(17)30)16-9-6-5-7-10-16/h5-13,17,21H,4H2,1-3H3/b19-13+/t17-,21+/m0/s1. The Hall–Kier alpha value is -3.63. The van der Waals surface area contributed by atoms with Crippen LogP contribution in [0.15, 0.2) is 74.0 Å². The van der Waals surface area contributed by atoms with Gasteiger partial charge in [-0.15, -0.1) is 11.3 Å². The fraction of sp³-hybridized carbons (Fsp3) is 0.240. The second-order valence-electron chi connectivity index (χ2n) is 8.04. The maximum absolute atomic E-state index is 13.7. The lowest BCUT2D eigenvalue weighted by atomic mass is 10.0. The number of anilines is 1. The fourth-order valence-electron chi connectivity index (χ4n) is 4.20. The third kappa shape index (κ3) is 3.98. The Morgan fingerprint density at radius 3 is 2.60 bits per heavy atom. The molecule has 178 valence electrons. The van der Waals surface area contributed by atoms with E-state index in [-0.39, 0.29) is 18.1 Å². The molecule has 1 amide bonds. The van der Waals surface area contributed by atoms with Crippen LogP contribution >= 0.6 is 22.7 Å². The van der Waals surface area contributed by atoms with Gasteiger partial charge in [0.2, 0.25) is 0 Å². The Labute approximate surface area is 208 Å². The molecule has 8 nitrogen and oxygen atoms in total. The highest BCUT2D eigenvalue weighted by Crippen LogP contribution is 2.33. The van der Waals surface area contributed by atoms with E-state index in [9.17, 15) is 14.4 Å². The third-order valence-electron chi connectivity index (χ3n) is 5.83. The Balaban J connectivity index is 1.61. The minimum absolute atomic E-state index is 0.220. The molecule has 2 atom stereocenters. The topological polar surface area (TPSA) is 93.3 Å². The van der Waals surface area contributed by atoms with Crippen molar-refractivity contribution in [1.29, 1.82) is 0 Å². The molecule has 3 aromatic rings. The maximum atomic E-state index is 13.7. The summed E-state index contributed by atoms with van der Waals surface area (Å²) in [5.74, 6) is -1.38. The van der Waals surface area contributed by atoms with Gasteiger partial charge in [0.05, 0.1) is 33.8 Å². The molecule has 0 aliphatic carbocycles. The van der Waals surface area contributed by atoms with Crippen LogP contribution in [0.2, 0.25) is 0 Å². The van der Waals surface area contributed by atoms with Gasteiger partial charge in [0.1, 0.15) is 12.0 Å². The molecule has 0 fully saturated rings. The highest BCUT2D eigenvalue weighted by molar-refractivity contribution is 7.10. The summed E-state index contributed by atoms with van der Waals surface area (Å²) in [5.41, 5.74) is 1.82. The van der Waals surface area contributed by atoms with Gasteiger partial charge in [-0.05, 0) is 50.4 Å². The van der Waals surface area contributed by atoms with Crippen LogP contribution in [0.5, 0.6) is 0 Å². The number of para-hydroxylation sites is 1. The number of thiophene rings is 1. The van der Waals surface area contributed by atoms with Gasteiger partial charge >= 0.3 is 5.97 Å². The molecule has 10 heteroatoms. The predicted octanol–water partition coefficient (Wildman–Crippen LogP) is 2.85. The van der Waals surface area contributed by atoms with Gasteiger partial charge in [-0.3, -0.25) is 14.2 Å². The molecule has 1 aromatic carbocycles. The Bertz CT molecular complexity index is 1550. The number of carbonyl (C=O) groups is 2. The van der Waals surface area contributed by atoms with Crippen LogP contribution in [0, 0.1) is 5.92 Å². The molecule has 2 aliphatic heterocycles. The molecule has 35 heavy (non-hydrogen) atoms. The SMILES string of the molecule is CCOC(=O)C1=C(C)N=c2s/c(=C/[C@@H]3C(=O)N(c4ccccc4)N=C3C)c(=O)n2[C@@H]1c1cccs1. The molecule has 0 saturated heterocycles. The zero-order valence-corrected chi connectivity index (χ0v) is 20.9. The minimum atomic E-state index is -0.664. The first-order chi connectivity index (χ1) is 16.9. The maximum Gasteiger partial charge on any atom is 0.338 e. The number of carbonyl (C=O) groups excluding carboxylic acids is 2. The van der Waals surface area contributed by atoms with Gasteiger partial charge in [0.25, 0.3) is 11.5 Å². The summed E-state index contributed by atoms with van der Waals surface area (Å²) in [6, 6.07) is 12.3. The van der Waals surface area contributed by atoms with E-state index in [1.165, 1.54) is 32.2 Å². The van der Waals surface area contributed by atoms with Crippen molar-refractivity contribution in [2.75, 3.05) is 11.6 Å². The quantitative estimate of drug-likeness (QED) is 0.498. The van der Waals surface area contributed by atoms with Crippen molar-refractivity contribution in [2.45, 2.75) is 26.8 Å². The number of thiazole rings is 1. The van der Waals surface area contributed by atoms with Crippen LogP contribution in [-0.2, 0) is 14.3 Å². The zero-order valence-electron chi connectivity index (χ0n) is 19.3. The van der Waals surface area contributed by atoms with Crippen molar-refractivity contribution in [3.63, 3.8) is 0 Å². The van der Waals surface area contributed by atoms with Crippen LogP contribution in [0.3, 0.4) is 0 Å². The van der Waals surface area contributed by atoms with Crippen molar-refractivity contribution in [2.24, 2.45) is 16.0 Å². The molecule has 4 heterocycles. The molecule has 2 aromatic heterocycles. The van der Waals surface area contributed by atoms with Gasteiger partial charge in [-0.1, -0.05) is 35.6 Å². The summed E-state index contributed by atoms with van der Waals surface area (Å²) in [6.07, 6.45) is 1.66. The van der Waals surface area contributed by atoms with E-state index in [1.54, 1.807) is 26.8 Å². The van der Waals surface area contributed by atoms with Gasteiger partial charge in [0.15, 0.2) is 4.80 Å². The monoisotopic (exact) mass is 506 g/mol. The number of rotatable bonds is 5. The molecule has 0 bridgehead atoms. The van der Waals surface area contributed by atoms with E-state index in [2.05, 4.69) is 10.1 Å². The van der Waals surface area contributed by atoms with Crippen LogP contribution in [0.25, 0.3) is 6.08 Å². The zero-order chi connectivity index (χ0) is 24.7. The number of hydrogen-bond acceptors (Lipinski definition) is 8. The number of esters is 1. The number of hydrogen-bond donors (Lipinski definition) is 0. The average molecular weight is 507 g/mol. The minimum Gasteiger partial charge on any atom is -0.463 e. The lowest BCUT2D eigenvalue weighted by molar-refractivity contribution is -0.139. The number of benzene rings is 1. The number of hydrazone groups is 1. The second-order valence-corrected chi connectivity index (χ2v) is 10.0. The second kappa shape index (κ2) is 9.20. The predicted molar refractivity (Wildman–Crippen MR) is 136 cm³/mol. The lowest BCUT2D eigenvalue weighted by Gasteiger charge is -2.23. The third-order valence-corrected chi connectivity index (χ3v) is 7.76. The summed E-state index contributed by atoms with van der Waals surface area (Å²) in [4.78, 5) is 45.6. The van der Waals surface area contributed by atoms with Crippen LogP contribution < -0.4 is 19.9 Å². The van der Waals surface area contributed by atoms with Crippen LogP contribution in [0.1, 0.15) is 31.7 Å². The fourth-order valence-corrected chi connectivity index (χ4v) is 6.08. The van der Waals surface area contributed by atoms with E-state index in [4.69, 9.17) is 4.74 Å². The van der Waals surface area contributed by atoms with Crippen molar-refractivity contribution < 1.29 is 14.3 Å². The Morgan fingerprint density at radius 2 is 1.91 bits per heavy atom. The van der Waals surface area contributed by atoms with E-state index >= 15 is 0 Å². The highest BCUT2D eigenvalue weighted by Gasteiger charge is 2.36. The van der Waals surface area contributed by atoms with E-state index in [0.29, 0.717) is 32.0 Å². The number of aromatic nitrogens is 1. The average Bonchev–Trinajstić information content (AvgIpc) is 3.55. The molecule has 0 radical (unpaired) electrons. The van der Waals surface area contributed by atoms with E-state index in [1.807, 2.05) is 47.8 Å². The number of allylic oxidation sites excluding steroid dienone is 1. The van der Waals surface area contributed by atoms with Crippen molar-refractivity contribution in [3.8, 4) is 0 Å². The first-order valence-electron chi connectivity index (χ1n) is 11.1.